The molecular weight excluding hydrogens is 320 g/mol. The summed E-state index contributed by atoms with van der Waals surface area (Å²) in [4.78, 5) is 29.8. The number of rotatable bonds is 3. The SMILES string of the molecule is Cc1nn(C)c2[nH]c(=O)c(CCC(=O)N3C[C@@H](C)O[C@@H](C)C3)c(C)c12. The highest BCUT2D eigenvalue weighted by molar-refractivity contribution is 5.83. The number of H-pyrrole nitrogens is 1. The lowest BCUT2D eigenvalue weighted by Crippen LogP contribution is -2.48. The molecule has 0 unspecified atom stereocenters. The van der Waals surface area contributed by atoms with Gasteiger partial charge in [-0.05, 0) is 39.7 Å². The second kappa shape index (κ2) is 6.63. The van der Waals surface area contributed by atoms with Crippen molar-refractivity contribution in [1.29, 1.82) is 0 Å². The van der Waals surface area contributed by atoms with Gasteiger partial charge in [0.15, 0.2) is 0 Å². The van der Waals surface area contributed by atoms with Gasteiger partial charge in [0.05, 0.1) is 17.9 Å². The monoisotopic (exact) mass is 346 g/mol. The third kappa shape index (κ3) is 3.33. The van der Waals surface area contributed by atoms with E-state index in [1.807, 2.05) is 39.6 Å². The van der Waals surface area contributed by atoms with Crippen LogP contribution in [0.15, 0.2) is 4.79 Å². The molecule has 3 rings (SSSR count). The smallest absolute Gasteiger partial charge is 0.253 e. The van der Waals surface area contributed by atoms with E-state index in [1.165, 1.54) is 0 Å². The van der Waals surface area contributed by atoms with Gasteiger partial charge in [0, 0.05) is 37.5 Å². The zero-order chi connectivity index (χ0) is 18.3. The summed E-state index contributed by atoms with van der Waals surface area (Å²) in [7, 11) is 1.81. The number of hydrogen-bond acceptors (Lipinski definition) is 4. The van der Waals surface area contributed by atoms with Crippen molar-refractivity contribution in [2.45, 2.75) is 52.7 Å². The third-order valence-corrected chi connectivity index (χ3v) is 4.92. The summed E-state index contributed by atoms with van der Waals surface area (Å²) in [5.41, 5.74) is 3.07. The first-order valence-electron chi connectivity index (χ1n) is 8.76. The molecule has 136 valence electrons. The number of aryl methyl sites for hydroxylation is 3. The summed E-state index contributed by atoms with van der Waals surface area (Å²) < 4.78 is 7.36. The van der Waals surface area contributed by atoms with Crippen LogP contribution >= 0.6 is 0 Å². The number of carbonyl (C=O) groups is 1. The summed E-state index contributed by atoms with van der Waals surface area (Å²) in [6.45, 7) is 9.04. The Morgan fingerprint density at radius 3 is 2.56 bits per heavy atom. The van der Waals surface area contributed by atoms with Crippen molar-refractivity contribution in [3.05, 3.63) is 27.2 Å². The molecule has 1 aliphatic rings. The maximum absolute atomic E-state index is 12.6. The third-order valence-electron chi connectivity index (χ3n) is 4.92. The lowest BCUT2D eigenvalue weighted by molar-refractivity contribution is -0.143. The van der Waals surface area contributed by atoms with E-state index in [9.17, 15) is 9.59 Å². The number of ether oxygens (including phenoxy) is 1. The quantitative estimate of drug-likeness (QED) is 0.912. The highest BCUT2D eigenvalue weighted by Gasteiger charge is 2.26. The van der Waals surface area contributed by atoms with Crippen molar-refractivity contribution >= 4 is 16.9 Å². The van der Waals surface area contributed by atoms with Gasteiger partial charge in [-0.1, -0.05) is 0 Å². The first-order valence-corrected chi connectivity index (χ1v) is 8.76. The average molecular weight is 346 g/mol. The van der Waals surface area contributed by atoms with E-state index in [4.69, 9.17) is 4.74 Å². The first-order chi connectivity index (χ1) is 11.8. The molecule has 1 N–H and O–H groups in total. The van der Waals surface area contributed by atoms with E-state index < -0.39 is 0 Å². The highest BCUT2D eigenvalue weighted by atomic mass is 16.5. The van der Waals surface area contributed by atoms with Crippen molar-refractivity contribution in [2.24, 2.45) is 7.05 Å². The van der Waals surface area contributed by atoms with E-state index in [1.54, 1.807) is 4.68 Å². The van der Waals surface area contributed by atoms with Crippen LogP contribution in [0.1, 0.15) is 37.1 Å². The maximum atomic E-state index is 12.6. The highest BCUT2D eigenvalue weighted by Crippen LogP contribution is 2.21. The summed E-state index contributed by atoms with van der Waals surface area (Å²) in [5, 5.41) is 5.35. The Kier molecular flexibility index (Phi) is 4.69. The minimum absolute atomic E-state index is 0.0484. The van der Waals surface area contributed by atoms with Crippen LogP contribution in [0.2, 0.25) is 0 Å². The van der Waals surface area contributed by atoms with Crippen molar-refractivity contribution < 1.29 is 9.53 Å². The Hall–Kier alpha value is -2.15. The molecule has 1 saturated heterocycles. The molecule has 7 nitrogen and oxygen atoms in total. The van der Waals surface area contributed by atoms with Crippen LogP contribution < -0.4 is 5.56 Å². The van der Waals surface area contributed by atoms with Crippen molar-refractivity contribution in [3.63, 3.8) is 0 Å². The molecule has 2 aromatic rings. The van der Waals surface area contributed by atoms with Crippen molar-refractivity contribution in [2.75, 3.05) is 13.1 Å². The van der Waals surface area contributed by atoms with Crippen molar-refractivity contribution in [3.8, 4) is 0 Å². The van der Waals surface area contributed by atoms with Gasteiger partial charge in [-0.25, -0.2) is 0 Å². The van der Waals surface area contributed by atoms with Gasteiger partial charge in [0.25, 0.3) is 5.56 Å². The second-order valence-electron chi connectivity index (χ2n) is 7.05. The standard InChI is InChI=1S/C18H26N4O3/c1-10-8-22(9-11(2)25-10)15(23)7-6-14-12(3)16-13(4)20-21(5)17(16)19-18(14)24/h10-11H,6-9H2,1-5H3,(H,19,24)/t10-,11+. The summed E-state index contributed by atoms with van der Waals surface area (Å²) >= 11 is 0. The van der Waals surface area contributed by atoms with Gasteiger partial charge in [-0.3, -0.25) is 14.3 Å². The number of nitrogens with one attached hydrogen (secondary N) is 1. The van der Waals surface area contributed by atoms with E-state index in [0.29, 0.717) is 31.5 Å². The molecule has 1 aliphatic heterocycles. The summed E-state index contributed by atoms with van der Waals surface area (Å²) in [5.74, 6) is 0.0730. The minimum atomic E-state index is -0.135. The molecular formula is C18H26N4O3. The average Bonchev–Trinajstić information content (AvgIpc) is 2.80. The summed E-state index contributed by atoms with van der Waals surface area (Å²) in [6, 6.07) is 0. The van der Waals surface area contributed by atoms with Gasteiger partial charge >= 0.3 is 0 Å². The van der Waals surface area contributed by atoms with E-state index >= 15 is 0 Å². The van der Waals surface area contributed by atoms with Crippen LogP contribution in [0.5, 0.6) is 0 Å². The number of carbonyl (C=O) groups excluding carboxylic acids is 1. The van der Waals surface area contributed by atoms with Crippen LogP contribution in [-0.4, -0.2) is 50.9 Å². The van der Waals surface area contributed by atoms with Gasteiger partial charge in [0.2, 0.25) is 5.91 Å². The number of amides is 1. The molecule has 7 heteroatoms. The van der Waals surface area contributed by atoms with E-state index in [-0.39, 0.29) is 23.7 Å². The lowest BCUT2D eigenvalue weighted by atomic mass is 10.0. The normalized spacial score (nSPS) is 21.1. The van der Waals surface area contributed by atoms with Gasteiger partial charge in [-0.2, -0.15) is 5.10 Å². The Bertz CT molecular complexity index is 857. The number of fused-ring (bicyclic) bond motifs is 1. The zero-order valence-corrected chi connectivity index (χ0v) is 15.5. The van der Waals surface area contributed by atoms with Gasteiger partial charge in [0.1, 0.15) is 5.65 Å². The minimum Gasteiger partial charge on any atom is -0.372 e. The van der Waals surface area contributed by atoms with Gasteiger partial charge in [-0.15, -0.1) is 0 Å². The zero-order valence-electron chi connectivity index (χ0n) is 15.5. The Morgan fingerprint density at radius 2 is 1.92 bits per heavy atom. The molecule has 0 spiro atoms. The van der Waals surface area contributed by atoms with Crippen LogP contribution in [0.25, 0.3) is 11.0 Å². The number of pyridine rings is 1. The lowest BCUT2D eigenvalue weighted by Gasteiger charge is -2.35. The molecule has 0 bridgehead atoms. The fourth-order valence-electron chi connectivity index (χ4n) is 3.83. The molecule has 0 radical (unpaired) electrons. The molecule has 0 aromatic carbocycles. The Labute approximate surface area is 147 Å². The fraction of sp³-hybridized carbons (Fsp3) is 0.611. The molecule has 3 heterocycles. The molecule has 2 atom stereocenters. The van der Waals surface area contributed by atoms with Crippen LogP contribution in [-0.2, 0) is 23.0 Å². The van der Waals surface area contributed by atoms with Gasteiger partial charge < -0.3 is 14.6 Å². The Balaban J connectivity index is 1.80. The second-order valence-corrected chi connectivity index (χ2v) is 7.05. The van der Waals surface area contributed by atoms with Crippen LogP contribution in [0.3, 0.4) is 0 Å². The molecule has 1 amide bonds. The number of morpholine rings is 1. The molecule has 0 saturated carbocycles. The van der Waals surface area contributed by atoms with Crippen molar-refractivity contribution in [1.82, 2.24) is 19.7 Å². The Morgan fingerprint density at radius 1 is 1.28 bits per heavy atom. The number of nitrogens with zero attached hydrogens (tertiary/aromatic N) is 3. The van der Waals surface area contributed by atoms with E-state index in [2.05, 4.69) is 10.1 Å². The number of aromatic amines is 1. The topological polar surface area (TPSA) is 80.2 Å². The molecule has 0 aliphatic carbocycles. The predicted molar refractivity (Wildman–Crippen MR) is 95.7 cm³/mol. The number of aromatic nitrogens is 3. The summed E-state index contributed by atoms with van der Waals surface area (Å²) in [6.07, 6.45) is 0.859. The molecule has 2 aromatic heterocycles. The molecule has 25 heavy (non-hydrogen) atoms. The maximum Gasteiger partial charge on any atom is 0.253 e. The first kappa shape index (κ1) is 17.7. The van der Waals surface area contributed by atoms with E-state index in [0.717, 1.165) is 22.3 Å². The predicted octanol–water partition coefficient (Wildman–Crippen LogP) is 1.45. The largest absolute Gasteiger partial charge is 0.372 e. The van der Waals surface area contributed by atoms with Crippen LogP contribution in [0, 0.1) is 13.8 Å². The number of hydrogen-bond donors (Lipinski definition) is 1. The molecule has 1 fully saturated rings. The van der Waals surface area contributed by atoms with Crippen LogP contribution in [0.4, 0.5) is 0 Å². The fourth-order valence-corrected chi connectivity index (χ4v) is 3.83.